The minimum Gasteiger partial charge on any atom is -0.241 e. The fourth-order valence-electron chi connectivity index (χ4n) is 2.44. The molecule has 0 N–H and O–H groups in total. The molecule has 116 valence electrons. The van der Waals surface area contributed by atoms with Crippen LogP contribution in [0.1, 0.15) is 26.5 Å². The average Bonchev–Trinajstić information content (AvgIpc) is 2.55. The van der Waals surface area contributed by atoms with Crippen molar-refractivity contribution in [3.63, 3.8) is 0 Å². The fourth-order valence-corrected chi connectivity index (χ4v) is 2.95. The summed E-state index contributed by atoms with van der Waals surface area (Å²) in [5.74, 6) is 0. The molecule has 23 heavy (non-hydrogen) atoms. The Labute approximate surface area is 145 Å². The van der Waals surface area contributed by atoms with Gasteiger partial charge in [0, 0.05) is 21.1 Å². The van der Waals surface area contributed by atoms with Gasteiger partial charge in [-0.25, -0.2) is 9.97 Å². The zero-order valence-electron chi connectivity index (χ0n) is 13.5. The van der Waals surface area contributed by atoms with E-state index < -0.39 is 0 Å². The van der Waals surface area contributed by atoms with Crippen molar-refractivity contribution >= 4 is 15.9 Å². The Morgan fingerprint density at radius 3 is 2.13 bits per heavy atom. The molecule has 0 radical (unpaired) electrons. The first kappa shape index (κ1) is 15.9. The van der Waals surface area contributed by atoms with Crippen LogP contribution in [0.3, 0.4) is 0 Å². The van der Waals surface area contributed by atoms with Crippen LogP contribution in [-0.2, 0) is 5.41 Å². The minimum absolute atomic E-state index is 0.0204. The van der Waals surface area contributed by atoms with E-state index in [-0.39, 0.29) is 5.41 Å². The predicted molar refractivity (Wildman–Crippen MR) is 99.3 cm³/mol. The maximum Gasteiger partial charge on any atom is 0.116 e. The molecular weight excluding hydrogens is 348 g/mol. The van der Waals surface area contributed by atoms with Gasteiger partial charge >= 0.3 is 0 Å². The lowest BCUT2D eigenvalue weighted by atomic mass is 9.91. The second kappa shape index (κ2) is 6.25. The van der Waals surface area contributed by atoms with Crippen molar-refractivity contribution in [3.05, 3.63) is 71.1 Å². The molecule has 0 atom stereocenters. The van der Waals surface area contributed by atoms with Gasteiger partial charge in [-0.05, 0) is 23.3 Å². The fraction of sp³-hybridized carbons (Fsp3) is 0.200. The first-order chi connectivity index (χ1) is 10.9. The van der Waals surface area contributed by atoms with E-state index in [1.807, 2.05) is 12.1 Å². The molecule has 2 nitrogen and oxygen atoms in total. The molecule has 0 amide bonds. The summed E-state index contributed by atoms with van der Waals surface area (Å²) < 4.78 is 1.10. The Hall–Kier alpha value is -2.00. The topological polar surface area (TPSA) is 25.8 Å². The Balaban J connectivity index is 1.96. The van der Waals surface area contributed by atoms with Gasteiger partial charge in [0.1, 0.15) is 6.33 Å². The molecule has 1 heterocycles. The van der Waals surface area contributed by atoms with E-state index in [4.69, 9.17) is 0 Å². The molecule has 0 aliphatic heterocycles. The Kier molecular flexibility index (Phi) is 4.31. The SMILES string of the molecule is CC(C)(C)c1cc(-c2ccc(-c3ccccc3Br)cc2)ncn1. The summed E-state index contributed by atoms with van der Waals surface area (Å²) >= 11 is 3.61. The zero-order valence-corrected chi connectivity index (χ0v) is 15.1. The smallest absolute Gasteiger partial charge is 0.116 e. The van der Waals surface area contributed by atoms with Crippen LogP contribution in [0.5, 0.6) is 0 Å². The summed E-state index contributed by atoms with van der Waals surface area (Å²) in [5.41, 5.74) is 5.52. The third-order valence-corrected chi connectivity index (χ3v) is 4.49. The van der Waals surface area contributed by atoms with E-state index >= 15 is 0 Å². The van der Waals surface area contributed by atoms with E-state index in [0.717, 1.165) is 21.4 Å². The van der Waals surface area contributed by atoms with E-state index in [1.165, 1.54) is 11.1 Å². The molecule has 1 aromatic heterocycles. The van der Waals surface area contributed by atoms with Crippen LogP contribution in [0.2, 0.25) is 0 Å². The molecule has 0 aliphatic rings. The highest BCUT2D eigenvalue weighted by Crippen LogP contribution is 2.30. The van der Waals surface area contributed by atoms with Crippen LogP contribution >= 0.6 is 15.9 Å². The number of hydrogen-bond donors (Lipinski definition) is 0. The van der Waals surface area contributed by atoms with Crippen LogP contribution < -0.4 is 0 Å². The van der Waals surface area contributed by atoms with Gasteiger partial charge in [0.05, 0.1) is 5.69 Å². The monoisotopic (exact) mass is 366 g/mol. The highest BCUT2D eigenvalue weighted by Gasteiger charge is 2.16. The molecule has 2 aromatic carbocycles. The lowest BCUT2D eigenvalue weighted by Crippen LogP contribution is -2.13. The van der Waals surface area contributed by atoms with Gasteiger partial charge in [-0.1, -0.05) is 79.2 Å². The highest BCUT2D eigenvalue weighted by atomic mass is 79.9. The molecular formula is C20H19BrN2. The molecule has 0 spiro atoms. The summed E-state index contributed by atoms with van der Waals surface area (Å²) in [7, 11) is 0. The molecule has 3 heteroatoms. The Morgan fingerprint density at radius 2 is 1.48 bits per heavy atom. The summed E-state index contributed by atoms with van der Waals surface area (Å²) in [5, 5.41) is 0. The summed E-state index contributed by atoms with van der Waals surface area (Å²) in [4.78, 5) is 8.82. The van der Waals surface area contributed by atoms with Crippen molar-refractivity contribution in [2.24, 2.45) is 0 Å². The zero-order chi connectivity index (χ0) is 16.4. The Bertz CT molecular complexity index is 818. The Morgan fingerprint density at radius 1 is 0.826 bits per heavy atom. The first-order valence-electron chi connectivity index (χ1n) is 7.63. The van der Waals surface area contributed by atoms with Crippen molar-refractivity contribution in [1.29, 1.82) is 0 Å². The van der Waals surface area contributed by atoms with Crippen LogP contribution in [0, 0.1) is 0 Å². The number of rotatable bonds is 2. The summed E-state index contributed by atoms with van der Waals surface area (Å²) in [6.07, 6.45) is 1.65. The van der Waals surface area contributed by atoms with Crippen molar-refractivity contribution in [2.45, 2.75) is 26.2 Å². The van der Waals surface area contributed by atoms with E-state index in [9.17, 15) is 0 Å². The molecule has 0 aliphatic carbocycles. The summed E-state index contributed by atoms with van der Waals surface area (Å²) in [6, 6.07) is 18.8. The number of benzene rings is 2. The van der Waals surface area contributed by atoms with Crippen molar-refractivity contribution in [3.8, 4) is 22.4 Å². The predicted octanol–water partition coefficient (Wildman–Crippen LogP) is 5.87. The lowest BCUT2D eigenvalue weighted by Gasteiger charge is -2.17. The maximum atomic E-state index is 4.42. The van der Waals surface area contributed by atoms with Gasteiger partial charge in [-0.15, -0.1) is 0 Å². The van der Waals surface area contributed by atoms with Gasteiger partial charge in [-0.2, -0.15) is 0 Å². The molecule has 3 rings (SSSR count). The number of hydrogen-bond acceptors (Lipinski definition) is 2. The van der Waals surface area contributed by atoms with E-state index in [0.29, 0.717) is 0 Å². The van der Waals surface area contributed by atoms with E-state index in [1.54, 1.807) is 6.33 Å². The van der Waals surface area contributed by atoms with Crippen molar-refractivity contribution in [1.82, 2.24) is 9.97 Å². The molecule has 0 unspecified atom stereocenters. The largest absolute Gasteiger partial charge is 0.241 e. The number of halogens is 1. The third-order valence-electron chi connectivity index (χ3n) is 3.80. The van der Waals surface area contributed by atoms with E-state index in [2.05, 4.69) is 89.1 Å². The molecule has 3 aromatic rings. The van der Waals surface area contributed by atoms with Crippen LogP contribution in [0.25, 0.3) is 22.4 Å². The van der Waals surface area contributed by atoms with Crippen LogP contribution in [0.15, 0.2) is 65.4 Å². The minimum atomic E-state index is 0.0204. The molecule has 0 bridgehead atoms. The van der Waals surface area contributed by atoms with Crippen LogP contribution in [-0.4, -0.2) is 9.97 Å². The molecule has 0 fully saturated rings. The van der Waals surface area contributed by atoms with Gasteiger partial charge in [0.25, 0.3) is 0 Å². The number of nitrogens with zero attached hydrogens (tertiary/aromatic N) is 2. The lowest BCUT2D eigenvalue weighted by molar-refractivity contribution is 0.567. The average molecular weight is 367 g/mol. The highest BCUT2D eigenvalue weighted by molar-refractivity contribution is 9.10. The summed E-state index contributed by atoms with van der Waals surface area (Å²) in [6.45, 7) is 6.49. The van der Waals surface area contributed by atoms with Gasteiger partial charge in [0.15, 0.2) is 0 Å². The van der Waals surface area contributed by atoms with Gasteiger partial charge < -0.3 is 0 Å². The number of aromatic nitrogens is 2. The van der Waals surface area contributed by atoms with Crippen molar-refractivity contribution in [2.75, 3.05) is 0 Å². The van der Waals surface area contributed by atoms with Gasteiger partial charge in [0.2, 0.25) is 0 Å². The first-order valence-corrected chi connectivity index (χ1v) is 8.42. The van der Waals surface area contributed by atoms with Gasteiger partial charge in [-0.3, -0.25) is 0 Å². The molecule has 0 saturated carbocycles. The maximum absolute atomic E-state index is 4.42. The standard InChI is InChI=1S/C20H19BrN2/c1-20(2,3)19-12-18(22-13-23-19)15-10-8-14(9-11-15)16-6-4-5-7-17(16)21/h4-13H,1-3H3. The van der Waals surface area contributed by atoms with Crippen LogP contribution in [0.4, 0.5) is 0 Å². The normalized spacial score (nSPS) is 11.5. The second-order valence-electron chi connectivity index (χ2n) is 6.60. The second-order valence-corrected chi connectivity index (χ2v) is 7.45. The van der Waals surface area contributed by atoms with Crippen molar-refractivity contribution < 1.29 is 0 Å². The molecule has 0 saturated heterocycles. The quantitative estimate of drug-likeness (QED) is 0.566. The third kappa shape index (κ3) is 3.50.